The second-order valence-electron chi connectivity index (χ2n) is 6.84. The van der Waals surface area contributed by atoms with Crippen molar-refractivity contribution in [3.8, 4) is 5.75 Å². The average Bonchev–Trinajstić information content (AvgIpc) is 3.35. The molecule has 0 aromatic heterocycles. The number of rotatable bonds is 7. The highest BCUT2D eigenvalue weighted by atomic mass is 35.5. The minimum atomic E-state index is -0.876. The van der Waals surface area contributed by atoms with Crippen LogP contribution < -0.4 is 10.1 Å². The van der Waals surface area contributed by atoms with Gasteiger partial charge in [-0.25, -0.2) is 8.78 Å². The molecule has 1 amide bonds. The van der Waals surface area contributed by atoms with Gasteiger partial charge < -0.3 is 14.8 Å². The Morgan fingerprint density at radius 2 is 2.00 bits per heavy atom. The summed E-state index contributed by atoms with van der Waals surface area (Å²) >= 11 is 0. The molecule has 8 heteroatoms. The molecule has 26 heavy (non-hydrogen) atoms. The summed E-state index contributed by atoms with van der Waals surface area (Å²) in [6, 6.07) is 2.53. The number of amides is 1. The molecule has 5 nitrogen and oxygen atoms in total. The van der Waals surface area contributed by atoms with Crippen LogP contribution in [0.15, 0.2) is 12.1 Å². The first-order valence-corrected chi connectivity index (χ1v) is 8.55. The summed E-state index contributed by atoms with van der Waals surface area (Å²) < 4.78 is 37.9. The monoisotopic (exact) mass is 390 g/mol. The van der Waals surface area contributed by atoms with Crippen LogP contribution in [0.25, 0.3) is 0 Å². The SMILES string of the molecule is COCC(=O)N[C@H]1CN(Cc2c(OC)ccc(F)c2F)C[C@@H]1C1CC1.Cl. The van der Waals surface area contributed by atoms with Crippen molar-refractivity contribution in [2.24, 2.45) is 11.8 Å². The molecule has 0 spiro atoms. The summed E-state index contributed by atoms with van der Waals surface area (Å²) in [7, 11) is 2.93. The van der Waals surface area contributed by atoms with Crippen molar-refractivity contribution in [2.45, 2.75) is 25.4 Å². The van der Waals surface area contributed by atoms with Crippen LogP contribution in [0.3, 0.4) is 0 Å². The van der Waals surface area contributed by atoms with Gasteiger partial charge in [0.2, 0.25) is 5.91 Å². The number of nitrogens with one attached hydrogen (secondary N) is 1. The number of ether oxygens (including phenoxy) is 2. The molecule has 1 heterocycles. The molecule has 146 valence electrons. The molecule has 1 aromatic rings. The Balaban J connectivity index is 0.00000243. The van der Waals surface area contributed by atoms with E-state index in [0.717, 1.165) is 25.5 Å². The zero-order valence-corrected chi connectivity index (χ0v) is 15.8. The molecule has 2 fully saturated rings. The first-order chi connectivity index (χ1) is 12.0. The number of methoxy groups -OCH3 is 2. The van der Waals surface area contributed by atoms with E-state index in [2.05, 4.69) is 10.2 Å². The molecule has 1 aromatic carbocycles. The van der Waals surface area contributed by atoms with Gasteiger partial charge in [-0.2, -0.15) is 0 Å². The number of hydrogen-bond acceptors (Lipinski definition) is 4. The highest BCUT2D eigenvalue weighted by molar-refractivity contribution is 5.85. The largest absolute Gasteiger partial charge is 0.496 e. The molecule has 1 aliphatic carbocycles. The fourth-order valence-electron chi connectivity index (χ4n) is 3.71. The van der Waals surface area contributed by atoms with E-state index < -0.39 is 11.6 Å². The van der Waals surface area contributed by atoms with E-state index in [0.29, 0.717) is 24.1 Å². The maximum absolute atomic E-state index is 14.2. The fraction of sp³-hybridized carbons (Fsp3) is 0.611. The molecule has 3 rings (SSSR count). The van der Waals surface area contributed by atoms with Gasteiger partial charge >= 0.3 is 0 Å². The van der Waals surface area contributed by atoms with Crippen LogP contribution in [0.5, 0.6) is 5.75 Å². The first kappa shape index (κ1) is 20.9. The molecule has 2 atom stereocenters. The third-order valence-electron chi connectivity index (χ3n) is 5.04. The van der Waals surface area contributed by atoms with Crippen LogP contribution >= 0.6 is 12.4 Å². The van der Waals surface area contributed by atoms with Gasteiger partial charge in [0.15, 0.2) is 11.6 Å². The third-order valence-corrected chi connectivity index (χ3v) is 5.04. The highest BCUT2D eigenvalue weighted by Crippen LogP contribution is 2.42. The standard InChI is InChI=1S/C18H24F2N2O3.ClH/c1-24-10-17(23)21-15-9-22(7-12(15)11-3-4-11)8-13-16(25-2)6-5-14(19)18(13)20;/h5-6,11-12,15H,3-4,7-10H2,1-2H3,(H,21,23);1H/t12-,15+;/m1./s1. The Labute approximate surface area is 158 Å². The number of carbonyl (C=O) groups excluding carboxylic acids is 1. The van der Waals surface area contributed by atoms with E-state index in [4.69, 9.17) is 9.47 Å². The molecular formula is C18H25ClF2N2O3. The second-order valence-corrected chi connectivity index (χ2v) is 6.84. The number of nitrogens with zero attached hydrogens (tertiary/aromatic N) is 1. The average molecular weight is 391 g/mol. The Hall–Kier alpha value is -1.44. The Morgan fingerprint density at radius 3 is 2.62 bits per heavy atom. The van der Waals surface area contributed by atoms with Gasteiger partial charge in [-0.05, 0) is 36.8 Å². The van der Waals surface area contributed by atoms with Gasteiger partial charge in [0.1, 0.15) is 12.4 Å². The van der Waals surface area contributed by atoms with Gasteiger partial charge in [0, 0.05) is 38.3 Å². The molecule has 1 saturated heterocycles. The molecule has 2 aliphatic rings. The first-order valence-electron chi connectivity index (χ1n) is 8.55. The van der Waals surface area contributed by atoms with Gasteiger partial charge in [0.25, 0.3) is 0 Å². The Morgan fingerprint density at radius 1 is 1.27 bits per heavy atom. The lowest BCUT2D eigenvalue weighted by Gasteiger charge is -2.19. The van der Waals surface area contributed by atoms with E-state index in [1.807, 2.05) is 0 Å². The van der Waals surface area contributed by atoms with Crippen LogP contribution in [0.2, 0.25) is 0 Å². The minimum Gasteiger partial charge on any atom is -0.496 e. The van der Waals surface area contributed by atoms with Gasteiger partial charge in [0.05, 0.1) is 7.11 Å². The number of carbonyl (C=O) groups is 1. The normalized spacial score (nSPS) is 22.8. The molecule has 0 unspecified atom stereocenters. The lowest BCUT2D eigenvalue weighted by Crippen LogP contribution is -2.42. The van der Waals surface area contributed by atoms with E-state index in [9.17, 15) is 13.6 Å². The number of hydrogen-bond donors (Lipinski definition) is 1. The van der Waals surface area contributed by atoms with Crippen LogP contribution in [0.1, 0.15) is 18.4 Å². The van der Waals surface area contributed by atoms with Gasteiger partial charge in [-0.1, -0.05) is 0 Å². The maximum atomic E-state index is 14.2. The predicted molar refractivity (Wildman–Crippen MR) is 95.5 cm³/mol. The van der Waals surface area contributed by atoms with Crippen molar-refractivity contribution >= 4 is 18.3 Å². The van der Waals surface area contributed by atoms with Crippen LogP contribution in [0.4, 0.5) is 8.78 Å². The summed E-state index contributed by atoms with van der Waals surface area (Å²) in [6.45, 7) is 1.64. The summed E-state index contributed by atoms with van der Waals surface area (Å²) in [5.41, 5.74) is 0.223. The third kappa shape index (κ3) is 4.64. The van der Waals surface area contributed by atoms with Crippen molar-refractivity contribution in [3.63, 3.8) is 0 Å². The topological polar surface area (TPSA) is 50.8 Å². The van der Waals surface area contributed by atoms with E-state index in [1.165, 1.54) is 20.3 Å². The van der Waals surface area contributed by atoms with Crippen molar-refractivity contribution in [1.29, 1.82) is 0 Å². The molecule has 1 saturated carbocycles. The Kier molecular flexibility index (Phi) is 7.20. The van der Waals surface area contributed by atoms with E-state index in [1.54, 1.807) is 0 Å². The summed E-state index contributed by atoms with van der Waals surface area (Å²) in [4.78, 5) is 13.9. The zero-order chi connectivity index (χ0) is 18.0. The minimum absolute atomic E-state index is 0. The van der Waals surface area contributed by atoms with Crippen LogP contribution in [0, 0.1) is 23.5 Å². The van der Waals surface area contributed by atoms with E-state index >= 15 is 0 Å². The second kappa shape index (κ2) is 8.97. The highest BCUT2D eigenvalue weighted by Gasteiger charge is 2.43. The quantitative estimate of drug-likeness (QED) is 0.776. The fourth-order valence-corrected chi connectivity index (χ4v) is 3.71. The molecule has 1 N–H and O–H groups in total. The summed E-state index contributed by atoms with van der Waals surface area (Å²) in [6.07, 6.45) is 2.32. The summed E-state index contributed by atoms with van der Waals surface area (Å²) in [5, 5.41) is 3.02. The molecule has 0 bridgehead atoms. The maximum Gasteiger partial charge on any atom is 0.246 e. The van der Waals surface area contributed by atoms with Crippen LogP contribution in [-0.2, 0) is 16.1 Å². The van der Waals surface area contributed by atoms with E-state index in [-0.39, 0.29) is 43.1 Å². The number of benzene rings is 1. The van der Waals surface area contributed by atoms with Crippen molar-refractivity contribution in [1.82, 2.24) is 10.2 Å². The zero-order valence-electron chi connectivity index (χ0n) is 15.0. The lowest BCUT2D eigenvalue weighted by molar-refractivity contribution is -0.125. The van der Waals surface area contributed by atoms with Crippen molar-refractivity contribution in [3.05, 3.63) is 29.3 Å². The van der Waals surface area contributed by atoms with Crippen LogP contribution in [-0.4, -0.2) is 50.8 Å². The smallest absolute Gasteiger partial charge is 0.246 e. The van der Waals surface area contributed by atoms with Crippen molar-refractivity contribution in [2.75, 3.05) is 33.9 Å². The molecular weight excluding hydrogens is 366 g/mol. The van der Waals surface area contributed by atoms with Crippen molar-refractivity contribution < 1.29 is 23.0 Å². The Bertz CT molecular complexity index is 643. The number of halogens is 3. The molecule has 0 radical (unpaired) electrons. The van der Waals surface area contributed by atoms with Gasteiger partial charge in [-0.15, -0.1) is 12.4 Å². The predicted octanol–water partition coefficient (Wildman–Crippen LogP) is 2.37. The summed E-state index contributed by atoms with van der Waals surface area (Å²) in [5.74, 6) is -0.614. The van der Waals surface area contributed by atoms with Gasteiger partial charge in [-0.3, -0.25) is 9.69 Å². The molecule has 1 aliphatic heterocycles. The number of likely N-dealkylation sites (tertiary alicyclic amines) is 1. The lowest BCUT2D eigenvalue weighted by atomic mass is 9.98.